The Labute approximate surface area is 125 Å². The van der Waals surface area contributed by atoms with Gasteiger partial charge in [-0.15, -0.1) is 0 Å². The lowest BCUT2D eigenvalue weighted by atomic mass is 10.0. The van der Waals surface area contributed by atoms with Gasteiger partial charge in [0.05, 0.1) is 12.1 Å². The molecule has 5 heteroatoms. The zero-order valence-corrected chi connectivity index (χ0v) is 12.4. The number of carboxylic acid groups (broad SMARTS) is 1. The Balaban J connectivity index is 1.98. The van der Waals surface area contributed by atoms with Crippen LogP contribution in [-0.2, 0) is 11.2 Å². The SMILES string of the molecule is CCc1cc(NC(=O)CN2CCCCC2)ccc1C(=O)O. The fourth-order valence-electron chi connectivity index (χ4n) is 2.69. The van der Waals surface area contributed by atoms with Gasteiger partial charge in [-0.05, 0) is 56.1 Å². The molecule has 2 N–H and O–H groups in total. The highest BCUT2D eigenvalue weighted by atomic mass is 16.4. The summed E-state index contributed by atoms with van der Waals surface area (Å²) in [5.41, 5.74) is 1.70. The van der Waals surface area contributed by atoms with Gasteiger partial charge >= 0.3 is 5.97 Å². The third-order valence-corrected chi connectivity index (χ3v) is 3.82. The maximum absolute atomic E-state index is 12.0. The van der Waals surface area contributed by atoms with E-state index in [0.29, 0.717) is 24.2 Å². The van der Waals surface area contributed by atoms with Crippen molar-refractivity contribution >= 4 is 17.6 Å². The first-order chi connectivity index (χ1) is 10.1. The number of aryl methyl sites for hydroxylation is 1. The lowest BCUT2D eigenvalue weighted by molar-refractivity contribution is -0.117. The number of rotatable bonds is 5. The Morgan fingerprint density at radius 1 is 1.24 bits per heavy atom. The van der Waals surface area contributed by atoms with E-state index in [4.69, 9.17) is 5.11 Å². The fraction of sp³-hybridized carbons (Fsp3) is 0.500. The number of aromatic carboxylic acids is 1. The van der Waals surface area contributed by atoms with Gasteiger partial charge in [0, 0.05) is 5.69 Å². The van der Waals surface area contributed by atoms with Crippen molar-refractivity contribution in [2.75, 3.05) is 25.0 Å². The Bertz CT molecular complexity index is 522. The molecule has 0 radical (unpaired) electrons. The van der Waals surface area contributed by atoms with Gasteiger partial charge in [-0.3, -0.25) is 9.69 Å². The Kier molecular flexibility index (Phi) is 5.33. The van der Waals surface area contributed by atoms with Gasteiger partial charge < -0.3 is 10.4 Å². The molecule has 1 saturated heterocycles. The normalized spacial score (nSPS) is 15.7. The molecular weight excluding hydrogens is 268 g/mol. The summed E-state index contributed by atoms with van der Waals surface area (Å²) < 4.78 is 0. The topological polar surface area (TPSA) is 69.6 Å². The third kappa shape index (κ3) is 4.29. The molecule has 0 spiro atoms. The molecule has 1 aromatic rings. The van der Waals surface area contributed by atoms with Gasteiger partial charge in [0.15, 0.2) is 0 Å². The number of carbonyl (C=O) groups is 2. The van der Waals surface area contributed by atoms with Crippen LogP contribution in [0.15, 0.2) is 18.2 Å². The molecule has 0 unspecified atom stereocenters. The molecule has 1 aliphatic heterocycles. The summed E-state index contributed by atoms with van der Waals surface area (Å²) in [6.07, 6.45) is 4.17. The monoisotopic (exact) mass is 290 g/mol. The van der Waals surface area contributed by atoms with Crippen LogP contribution in [0, 0.1) is 0 Å². The molecular formula is C16H22N2O3. The van der Waals surface area contributed by atoms with Crippen LogP contribution in [0.2, 0.25) is 0 Å². The van der Waals surface area contributed by atoms with Gasteiger partial charge in [-0.25, -0.2) is 4.79 Å². The average Bonchev–Trinajstić information content (AvgIpc) is 2.47. The molecule has 1 aliphatic rings. The number of piperidine rings is 1. The number of carbonyl (C=O) groups excluding carboxylic acids is 1. The van der Waals surface area contributed by atoms with Crippen molar-refractivity contribution in [3.63, 3.8) is 0 Å². The lowest BCUT2D eigenvalue weighted by Gasteiger charge is -2.25. The number of likely N-dealkylation sites (tertiary alicyclic amines) is 1. The second kappa shape index (κ2) is 7.22. The first-order valence-electron chi connectivity index (χ1n) is 7.48. The molecule has 1 amide bonds. The first-order valence-corrected chi connectivity index (χ1v) is 7.48. The minimum Gasteiger partial charge on any atom is -0.478 e. The summed E-state index contributed by atoms with van der Waals surface area (Å²) in [6, 6.07) is 4.95. The highest BCUT2D eigenvalue weighted by Crippen LogP contribution is 2.17. The Hall–Kier alpha value is -1.88. The van der Waals surface area contributed by atoms with Gasteiger partial charge in [0.2, 0.25) is 5.91 Å². The minimum atomic E-state index is -0.932. The molecule has 1 fully saturated rings. The fourth-order valence-corrected chi connectivity index (χ4v) is 2.69. The van der Waals surface area contributed by atoms with Crippen molar-refractivity contribution in [2.24, 2.45) is 0 Å². The standard InChI is InChI=1S/C16H22N2O3/c1-2-12-10-13(6-7-14(12)16(20)21)17-15(19)11-18-8-4-3-5-9-18/h6-7,10H,2-5,8-9,11H2,1H3,(H,17,19)(H,20,21). The van der Waals surface area contributed by atoms with E-state index in [1.165, 1.54) is 6.42 Å². The molecule has 0 atom stereocenters. The predicted octanol–water partition coefficient (Wildman–Crippen LogP) is 2.37. The average molecular weight is 290 g/mol. The Morgan fingerprint density at radius 3 is 2.57 bits per heavy atom. The highest BCUT2D eigenvalue weighted by Gasteiger charge is 2.15. The van der Waals surface area contributed by atoms with E-state index in [-0.39, 0.29) is 5.91 Å². The van der Waals surface area contributed by atoms with Crippen LogP contribution < -0.4 is 5.32 Å². The number of anilines is 1. The van der Waals surface area contributed by atoms with E-state index in [9.17, 15) is 9.59 Å². The third-order valence-electron chi connectivity index (χ3n) is 3.82. The van der Waals surface area contributed by atoms with Crippen LogP contribution in [0.5, 0.6) is 0 Å². The molecule has 2 rings (SSSR count). The van der Waals surface area contributed by atoms with E-state index >= 15 is 0 Å². The minimum absolute atomic E-state index is 0.0398. The molecule has 0 saturated carbocycles. The van der Waals surface area contributed by atoms with E-state index in [1.54, 1.807) is 18.2 Å². The largest absolute Gasteiger partial charge is 0.478 e. The maximum atomic E-state index is 12.0. The number of hydrogen-bond donors (Lipinski definition) is 2. The summed E-state index contributed by atoms with van der Waals surface area (Å²) in [6.45, 7) is 4.26. The number of nitrogens with zero attached hydrogens (tertiary/aromatic N) is 1. The van der Waals surface area contributed by atoms with E-state index in [0.717, 1.165) is 31.5 Å². The Morgan fingerprint density at radius 2 is 1.95 bits per heavy atom. The van der Waals surface area contributed by atoms with Crippen LogP contribution in [0.4, 0.5) is 5.69 Å². The maximum Gasteiger partial charge on any atom is 0.335 e. The number of hydrogen-bond acceptors (Lipinski definition) is 3. The molecule has 1 aromatic carbocycles. The van der Waals surface area contributed by atoms with E-state index < -0.39 is 5.97 Å². The number of carboxylic acids is 1. The zero-order valence-electron chi connectivity index (χ0n) is 12.4. The van der Waals surface area contributed by atoms with Crippen molar-refractivity contribution in [1.82, 2.24) is 4.90 Å². The van der Waals surface area contributed by atoms with Crippen molar-refractivity contribution in [1.29, 1.82) is 0 Å². The molecule has 5 nitrogen and oxygen atoms in total. The smallest absolute Gasteiger partial charge is 0.335 e. The summed E-state index contributed by atoms with van der Waals surface area (Å²) >= 11 is 0. The van der Waals surface area contributed by atoms with Gasteiger partial charge in [-0.2, -0.15) is 0 Å². The predicted molar refractivity (Wildman–Crippen MR) is 81.7 cm³/mol. The quantitative estimate of drug-likeness (QED) is 0.873. The molecule has 0 bridgehead atoms. The van der Waals surface area contributed by atoms with Crippen LogP contribution in [0.25, 0.3) is 0 Å². The summed E-state index contributed by atoms with van der Waals surface area (Å²) in [7, 11) is 0. The van der Waals surface area contributed by atoms with Crippen molar-refractivity contribution < 1.29 is 14.7 Å². The second-order valence-electron chi connectivity index (χ2n) is 5.42. The molecule has 1 heterocycles. The number of nitrogens with one attached hydrogen (secondary N) is 1. The molecule has 114 valence electrons. The van der Waals surface area contributed by atoms with E-state index in [2.05, 4.69) is 10.2 Å². The first kappa shape index (κ1) is 15.5. The van der Waals surface area contributed by atoms with Crippen molar-refractivity contribution in [2.45, 2.75) is 32.6 Å². The van der Waals surface area contributed by atoms with Crippen LogP contribution >= 0.6 is 0 Å². The van der Waals surface area contributed by atoms with Crippen LogP contribution in [0.3, 0.4) is 0 Å². The van der Waals surface area contributed by atoms with Gasteiger partial charge in [0.1, 0.15) is 0 Å². The summed E-state index contributed by atoms with van der Waals surface area (Å²) in [5.74, 6) is -0.972. The van der Waals surface area contributed by atoms with Crippen molar-refractivity contribution in [3.8, 4) is 0 Å². The molecule has 0 aromatic heterocycles. The summed E-state index contributed by atoms with van der Waals surface area (Å²) in [4.78, 5) is 25.3. The van der Waals surface area contributed by atoms with Crippen LogP contribution in [0.1, 0.15) is 42.1 Å². The zero-order chi connectivity index (χ0) is 15.2. The van der Waals surface area contributed by atoms with Crippen molar-refractivity contribution in [3.05, 3.63) is 29.3 Å². The number of amides is 1. The van der Waals surface area contributed by atoms with Crippen LogP contribution in [-0.4, -0.2) is 41.5 Å². The highest BCUT2D eigenvalue weighted by molar-refractivity contribution is 5.94. The summed E-state index contributed by atoms with van der Waals surface area (Å²) in [5, 5.41) is 11.9. The van der Waals surface area contributed by atoms with Gasteiger partial charge in [0.25, 0.3) is 0 Å². The van der Waals surface area contributed by atoms with Gasteiger partial charge in [-0.1, -0.05) is 13.3 Å². The molecule has 0 aliphatic carbocycles. The molecule has 21 heavy (non-hydrogen) atoms. The lowest BCUT2D eigenvalue weighted by Crippen LogP contribution is -2.36. The second-order valence-corrected chi connectivity index (χ2v) is 5.42. The van der Waals surface area contributed by atoms with E-state index in [1.807, 2.05) is 6.92 Å². The number of benzene rings is 1.